The highest BCUT2D eigenvalue weighted by molar-refractivity contribution is 6.18. The fourth-order valence-corrected chi connectivity index (χ4v) is 3.22. The van der Waals surface area contributed by atoms with Crippen molar-refractivity contribution in [3.05, 3.63) is 23.8 Å². The van der Waals surface area contributed by atoms with Crippen molar-refractivity contribution in [1.29, 1.82) is 0 Å². The third kappa shape index (κ3) is 2.70. The van der Waals surface area contributed by atoms with E-state index in [4.69, 9.17) is 21.1 Å². The Kier molecular flexibility index (Phi) is 4.01. The summed E-state index contributed by atoms with van der Waals surface area (Å²) < 4.78 is 11.0. The predicted molar refractivity (Wildman–Crippen MR) is 76.7 cm³/mol. The number of hydrogen-bond donors (Lipinski definition) is 1. The van der Waals surface area contributed by atoms with Crippen molar-refractivity contribution < 1.29 is 14.3 Å². The van der Waals surface area contributed by atoms with Crippen LogP contribution in [0.3, 0.4) is 0 Å². The van der Waals surface area contributed by atoms with E-state index in [1.54, 1.807) is 18.2 Å². The molecule has 1 amide bonds. The standard InChI is InChI=1S/C15H18ClNO3/c16-9-11-2-1-3-12(11)17-15(18)10-4-5-13-14(8-10)20-7-6-19-13/h4-5,8,11-12H,1-3,6-7,9H2,(H,17,18). The van der Waals surface area contributed by atoms with Gasteiger partial charge in [0, 0.05) is 17.5 Å². The minimum absolute atomic E-state index is 0.0657. The van der Waals surface area contributed by atoms with Crippen molar-refractivity contribution in [3.63, 3.8) is 0 Å². The van der Waals surface area contributed by atoms with E-state index in [0.29, 0.717) is 42.1 Å². The minimum Gasteiger partial charge on any atom is -0.486 e. The fraction of sp³-hybridized carbons (Fsp3) is 0.533. The van der Waals surface area contributed by atoms with Gasteiger partial charge in [0.1, 0.15) is 13.2 Å². The summed E-state index contributed by atoms with van der Waals surface area (Å²) in [5.41, 5.74) is 0.606. The maximum Gasteiger partial charge on any atom is 0.251 e. The van der Waals surface area contributed by atoms with Gasteiger partial charge in [-0.2, -0.15) is 0 Å². The first-order valence-electron chi connectivity index (χ1n) is 7.04. The Morgan fingerprint density at radius 3 is 2.85 bits per heavy atom. The van der Waals surface area contributed by atoms with E-state index < -0.39 is 0 Å². The number of amides is 1. The molecule has 1 N–H and O–H groups in total. The van der Waals surface area contributed by atoms with Crippen LogP contribution in [-0.4, -0.2) is 31.0 Å². The van der Waals surface area contributed by atoms with E-state index in [0.717, 1.165) is 19.3 Å². The molecule has 1 aliphatic carbocycles. The molecule has 0 radical (unpaired) electrons. The summed E-state index contributed by atoms with van der Waals surface area (Å²) in [6.07, 6.45) is 3.23. The van der Waals surface area contributed by atoms with E-state index in [1.807, 2.05) is 0 Å². The number of alkyl halides is 1. The summed E-state index contributed by atoms with van der Waals surface area (Å²) in [4.78, 5) is 12.3. The Morgan fingerprint density at radius 2 is 2.05 bits per heavy atom. The van der Waals surface area contributed by atoms with Crippen LogP contribution in [0, 0.1) is 5.92 Å². The van der Waals surface area contributed by atoms with Crippen LogP contribution in [0.15, 0.2) is 18.2 Å². The number of hydrogen-bond acceptors (Lipinski definition) is 3. The zero-order chi connectivity index (χ0) is 13.9. The molecule has 1 heterocycles. The van der Waals surface area contributed by atoms with Crippen molar-refractivity contribution in [2.24, 2.45) is 5.92 Å². The number of benzene rings is 1. The largest absolute Gasteiger partial charge is 0.486 e. The highest BCUT2D eigenvalue weighted by Gasteiger charge is 2.28. The number of ether oxygens (including phenoxy) is 2. The first-order valence-corrected chi connectivity index (χ1v) is 7.58. The summed E-state index contributed by atoms with van der Waals surface area (Å²) in [6.45, 7) is 1.08. The van der Waals surface area contributed by atoms with E-state index >= 15 is 0 Å². The molecule has 0 saturated heterocycles. The lowest BCUT2D eigenvalue weighted by atomic mass is 10.1. The van der Waals surface area contributed by atoms with Crippen LogP contribution < -0.4 is 14.8 Å². The van der Waals surface area contributed by atoms with Crippen LogP contribution in [0.2, 0.25) is 0 Å². The zero-order valence-corrected chi connectivity index (χ0v) is 12.0. The molecule has 0 spiro atoms. The van der Waals surface area contributed by atoms with E-state index in [-0.39, 0.29) is 11.9 Å². The van der Waals surface area contributed by atoms with E-state index in [2.05, 4.69) is 5.32 Å². The lowest BCUT2D eigenvalue weighted by Gasteiger charge is -2.21. The van der Waals surface area contributed by atoms with Crippen molar-refractivity contribution in [2.75, 3.05) is 19.1 Å². The zero-order valence-electron chi connectivity index (χ0n) is 11.2. The number of nitrogens with one attached hydrogen (secondary N) is 1. The monoisotopic (exact) mass is 295 g/mol. The third-order valence-electron chi connectivity index (χ3n) is 3.98. The number of halogens is 1. The van der Waals surface area contributed by atoms with Crippen molar-refractivity contribution in [1.82, 2.24) is 5.32 Å². The molecule has 4 nitrogen and oxygen atoms in total. The summed E-state index contributed by atoms with van der Waals surface area (Å²) >= 11 is 5.94. The molecule has 108 valence electrons. The Labute approximate surface area is 123 Å². The molecule has 0 aromatic heterocycles. The molecule has 1 aromatic carbocycles. The first-order chi connectivity index (χ1) is 9.78. The van der Waals surface area contributed by atoms with Crippen LogP contribution in [0.4, 0.5) is 0 Å². The number of carbonyl (C=O) groups is 1. The van der Waals surface area contributed by atoms with Gasteiger partial charge in [0.25, 0.3) is 5.91 Å². The van der Waals surface area contributed by atoms with Gasteiger partial charge >= 0.3 is 0 Å². The third-order valence-corrected chi connectivity index (χ3v) is 4.37. The van der Waals surface area contributed by atoms with Crippen LogP contribution in [0.25, 0.3) is 0 Å². The van der Waals surface area contributed by atoms with Crippen LogP contribution in [-0.2, 0) is 0 Å². The quantitative estimate of drug-likeness (QED) is 0.872. The SMILES string of the molecule is O=C(NC1CCCC1CCl)c1ccc2c(c1)OCCO2. The van der Waals surface area contributed by atoms with Gasteiger partial charge in [0.2, 0.25) is 0 Å². The number of rotatable bonds is 3. The molecule has 1 saturated carbocycles. The molecular weight excluding hydrogens is 278 g/mol. The molecule has 0 bridgehead atoms. The smallest absolute Gasteiger partial charge is 0.251 e. The lowest BCUT2D eigenvalue weighted by Crippen LogP contribution is -2.38. The Balaban J connectivity index is 1.71. The molecular formula is C15H18ClNO3. The Bertz CT molecular complexity index is 506. The van der Waals surface area contributed by atoms with Crippen molar-refractivity contribution in [3.8, 4) is 11.5 Å². The molecule has 1 aromatic rings. The highest BCUT2D eigenvalue weighted by Crippen LogP contribution is 2.31. The summed E-state index contributed by atoms with van der Waals surface area (Å²) in [7, 11) is 0. The second-order valence-electron chi connectivity index (χ2n) is 5.28. The minimum atomic E-state index is -0.0657. The van der Waals surface area contributed by atoms with Gasteiger partial charge in [0.05, 0.1) is 0 Å². The predicted octanol–water partition coefficient (Wildman–Crippen LogP) is 2.60. The van der Waals surface area contributed by atoms with Crippen molar-refractivity contribution >= 4 is 17.5 Å². The molecule has 1 aliphatic heterocycles. The molecule has 1 fully saturated rings. The maximum atomic E-state index is 12.3. The van der Waals surface area contributed by atoms with Gasteiger partial charge in [-0.1, -0.05) is 6.42 Å². The van der Waals surface area contributed by atoms with Gasteiger partial charge in [0.15, 0.2) is 11.5 Å². The maximum absolute atomic E-state index is 12.3. The topological polar surface area (TPSA) is 47.6 Å². The van der Waals surface area contributed by atoms with E-state index in [1.165, 1.54) is 0 Å². The normalized spacial score (nSPS) is 24.4. The average molecular weight is 296 g/mol. The molecule has 3 rings (SSSR count). The molecule has 2 atom stereocenters. The van der Waals surface area contributed by atoms with Crippen LogP contribution in [0.1, 0.15) is 29.6 Å². The van der Waals surface area contributed by atoms with Gasteiger partial charge in [-0.05, 0) is 37.0 Å². The second kappa shape index (κ2) is 5.92. The first kappa shape index (κ1) is 13.6. The highest BCUT2D eigenvalue weighted by atomic mass is 35.5. The number of carbonyl (C=O) groups excluding carboxylic acids is 1. The molecule has 2 aliphatic rings. The van der Waals surface area contributed by atoms with Crippen molar-refractivity contribution in [2.45, 2.75) is 25.3 Å². The fourth-order valence-electron chi connectivity index (χ4n) is 2.85. The Morgan fingerprint density at radius 1 is 1.25 bits per heavy atom. The average Bonchev–Trinajstić information content (AvgIpc) is 2.94. The van der Waals surface area contributed by atoms with Gasteiger partial charge in [-0.25, -0.2) is 0 Å². The number of fused-ring (bicyclic) bond motifs is 1. The van der Waals surface area contributed by atoms with Gasteiger partial charge in [-0.3, -0.25) is 4.79 Å². The van der Waals surface area contributed by atoms with Gasteiger partial charge < -0.3 is 14.8 Å². The Hall–Kier alpha value is -1.42. The molecule has 5 heteroatoms. The summed E-state index contributed by atoms with van der Waals surface area (Å²) in [5, 5.41) is 3.08. The molecule has 2 unspecified atom stereocenters. The van der Waals surface area contributed by atoms with Gasteiger partial charge in [-0.15, -0.1) is 11.6 Å². The second-order valence-corrected chi connectivity index (χ2v) is 5.59. The molecule has 20 heavy (non-hydrogen) atoms. The summed E-state index contributed by atoms with van der Waals surface area (Å²) in [5.74, 6) is 2.27. The summed E-state index contributed by atoms with van der Waals surface area (Å²) in [6, 6.07) is 5.49. The van der Waals surface area contributed by atoms with Crippen LogP contribution in [0.5, 0.6) is 11.5 Å². The van der Waals surface area contributed by atoms with E-state index in [9.17, 15) is 4.79 Å². The lowest BCUT2D eigenvalue weighted by molar-refractivity contribution is 0.0929. The van der Waals surface area contributed by atoms with Crippen LogP contribution >= 0.6 is 11.6 Å².